The lowest BCUT2D eigenvalue weighted by Gasteiger charge is -2.19. The van der Waals surface area contributed by atoms with Gasteiger partial charge in [-0.1, -0.05) is 0 Å². The molecule has 0 fully saturated rings. The number of carbonyl (C=O) groups is 1. The predicted octanol–water partition coefficient (Wildman–Crippen LogP) is -2.62. The zero-order chi connectivity index (χ0) is 8.15. The van der Waals surface area contributed by atoms with Crippen molar-refractivity contribution in [1.29, 1.82) is 0 Å². The third-order valence-electron chi connectivity index (χ3n) is 0.756. The highest BCUT2D eigenvalue weighted by Gasteiger charge is 2.07. The summed E-state index contributed by atoms with van der Waals surface area (Å²) in [4.78, 5) is 10.00. The average Bonchev–Trinajstić information content (AvgIpc) is 1.58. The first kappa shape index (κ1) is 9.15. The number of quaternary nitrogens is 1. The van der Waals surface area contributed by atoms with E-state index in [2.05, 4.69) is 10.5 Å². The van der Waals surface area contributed by atoms with Gasteiger partial charge in [0.15, 0.2) is 0 Å². The molecule has 0 spiro atoms. The fourth-order valence-corrected chi connectivity index (χ4v) is 0.474. The van der Waals surface area contributed by atoms with Crippen LogP contribution >= 0.6 is 0 Å². The zero-order valence-corrected chi connectivity index (χ0v) is 5.66. The maximum absolute atomic E-state index is 10.3. The number of amides is 1. The molecule has 1 amide bonds. The number of hydrogen-bond donors (Lipinski definition) is 3. The molecule has 2 atom stereocenters. The summed E-state index contributed by atoms with van der Waals surface area (Å²) in [6.07, 6.45) is -1.87. The molecule has 60 valence electrons. The van der Waals surface area contributed by atoms with Crippen molar-refractivity contribution in [2.75, 3.05) is 13.6 Å². The molecule has 2 unspecified atom stereocenters. The molecule has 0 rings (SSSR count). The Balaban J connectivity index is 3.43. The summed E-state index contributed by atoms with van der Waals surface area (Å²) in [6.45, 7) is 0.00292. The van der Waals surface area contributed by atoms with E-state index in [1.165, 1.54) is 7.05 Å². The first-order valence-electron chi connectivity index (χ1n) is 2.73. The first-order valence-corrected chi connectivity index (χ1v) is 2.73. The second kappa shape index (κ2) is 4.04. The molecule has 5 N–H and O–H groups in total. The van der Waals surface area contributed by atoms with Gasteiger partial charge < -0.3 is 20.7 Å². The molecule has 0 bridgehead atoms. The van der Waals surface area contributed by atoms with E-state index in [1.54, 1.807) is 0 Å². The van der Waals surface area contributed by atoms with Crippen LogP contribution in [0.3, 0.4) is 0 Å². The lowest BCUT2D eigenvalue weighted by atomic mass is 10.6. The van der Waals surface area contributed by atoms with E-state index < -0.39 is 12.3 Å². The summed E-state index contributed by atoms with van der Waals surface area (Å²) in [5.41, 5.74) is 9.75. The summed E-state index contributed by atoms with van der Waals surface area (Å²) in [5.74, 6) is 0. The number of hydrogen-bond acceptors (Lipinski definition) is 4. The van der Waals surface area contributed by atoms with Crippen LogP contribution in [0, 0.1) is 5.21 Å². The van der Waals surface area contributed by atoms with Gasteiger partial charge in [0.25, 0.3) is 0 Å². The average molecular weight is 149 g/mol. The first-order chi connectivity index (χ1) is 4.52. The van der Waals surface area contributed by atoms with Crippen molar-refractivity contribution in [3.8, 4) is 0 Å². The van der Waals surface area contributed by atoms with E-state index >= 15 is 0 Å². The summed E-state index contributed by atoms with van der Waals surface area (Å²) >= 11 is 0. The van der Waals surface area contributed by atoms with Crippen LogP contribution in [0.15, 0.2) is 0 Å². The Labute approximate surface area is 58.3 Å². The molecule has 0 saturated heterocycles. The normalized spacial score (nSPS) is 15.9. The summed E-state index contributed by atoms with van der Waals surface area (Å²) < 4.78 is 4.26. The van der Waals surface area contributed by atoms with Gasteiger partial charge in [-0.25, -0.2) is 4.79 Å². The summed E-state index contributed by atoms with van der Waals surface area (Å²) in [6, 6.07) is 0. The van der Waals surface area contributed by atoms with E-state index in [4.69, 9.17) is 5.73 Å². The van der Waals surface area contributed by atoms with E-state index in [1.807, 2.05) is 0 Å². The van der Waals surface area contributed by atoms with Crippen molar-refractivity contribution in [2.45, 2.75) is 6.23 Å². The highest BCUT2D eigenvalue weighted by Crippen LogP contribution is 1.76. The number of hydroxylamine groups is 2. The van der Waals surface area contributed by atoms with Crippen molar-refractivity contribution >= 4 is 6.09 Å². The van der Waals surface area contributed by atoms with Crippen molar-refractivity contribution in [1.82, 2.24) is 0 Å². The van der Waals surface area contributed by atoms with Gasteiger partial charge in [-0.05, 0) is 0 Å². The zero-order valence-electron chi connectivity index (χ0n) is 5.66. The molecule has 6 heteroatoms. The molecule has 0 saturated carbocycles. The minimum Gasteiger partial charge on any atom is -0.634 e. The minimum absolute atomic E-state index is 0.00292. The SMILES string of the molecule is C[NH+]([O-])CC(N)OC(N)=O. The third-order valence-corrected chi connectivity index (χ3v) is 0.756. The van der Waals surface area contributed by atoms with Gasteiger partial charge in [-0.3, -0.25) is 5.73 Å². The Morgan fingerprint density at radius 1 is 1.90 bits per heavy atom. The molecule has 0 aliphatic rings. The molecule has 0 aromatic carbocycles. The van der Waals surface area contributed by atoms with Gasteiger partial charge in [0.1, 0.15) is 6.54 Å². The largest absolute Gasteiger partial charge is 0.634 e. The Hall–Kier alpha value is -0.850. The Morgan fingerprint density at radius 3 is 2.70 bits per heavy atom. The molecule has 0 aromatic heterocycles. The van der Waals surface area contributed by atoms with E-state index in [9.17, 15) is 10.0 Å². The van der Waals surface area contributed by atoms with Crippen molar-refractivity contribution in [3.63, 3.8) is 0 Å². The molecule has 0 radical (unpaired) electrons. The van der Waals surface area contributed by atoms with Crippen LogP contribution in [0.25, 0.3) is 0 Å². The fraction of sp³-hybridized carbons (Fsp3) is 0.750. The van der Waals surface area contributed by atoms with Crippen LogP contribution in [0.2, 0.25) is 0 Å². The molecule has 0 aliphatic heterocycles. The van der Waals surface area contributed by atoms with E-state index in [0.717, 1.165) is 0 Å². The van der Waals surface area contributed by atoms with E-state index in [0.29, 0.717) is 0 Å². The topological polar surface area (TPSA) is 106 Å². The van der Waals surface area contributed by atoms with Crippen molar-refractivity contribution < 1.29 is 14.6 Å². The summed E-state index contributed by atoms with van der Waals surface area (Å²) in [5, 5.41) is 10.2. The van der Waals surface area contributed by atoms with Gasteiger partial charge in [0, 0.05) is 0 Å². The lowest BCUT2D eigenvalue weighted by Crippen LogP contribution is -3.05. The van der Waals surface area contributed by atoms with Crippen LogP contribution in [-0.2, 0) is 4.74 Å². The monoisotopic (exact) mass is 149 g/mol. The van der Waals surface area contributed by atoms with Gasteiger partial charge in [0.2, 0.25) is 6.23 Å². The highest BCUT2D eigenvalue weighted by atomic mass is 16.6. The third kappa shape index (κ3) is 5.29. The standard InChI is InChI=1S/C4H11N3O3/c1-7(9)2-3(5)10-4(6)8/h3,7H,2,5H2,1H3,(H2,6,8). The number of likely N-dealkylation sites (N-methyl/N-ethyl adjacent to an activating group) is 1. The lowest BCUT2D eigenvalue weighted by molar-refractivity contribution is -0.829. The number of rotatable bonds is 3. The van der Waals surface area contributed by atoms with Crippen molar-refractivity contribution in [2.24, 2.45) is 11.5 Å². The van der Waals surface area contributed by atoms with Crippen LogP contribution in [0.1, 0.15) is 0 Å². The molecular formula is C4H11N3O3. The van der Waals surface area contributed by atoms with Crippen LogP contribution in [-0.4, -0.2) is 25.9 Å². The molecule has 10 heavy (non-hydrogen) atoms. The molecule has 0 aliphatic carbocycles. The van der Waals surface area contributed by atoms with Gasteiger partial charge in [-0.15, -0.1) is 0 Å². The minimum atomic E-state index is -0.964. The van der Waals surface area contributed by atoms with Gasteiger partial charge in [0.05, 0.1) is 7.05 Å². The molecular weight excluding hydrogens is 138 g/mol. The van der Waals surface area contributed by atoms with Crippen LogP contribution < -0.4 is 16.5 Å². The van der Waals surface area contributed by atoms with Gasteiger partial charge in [-0.2, -0.15) is 0 Å². The van der Waals surface area contributed by atoms with Gasteiger partial charge >= 0.3 is 6.09 Å². The number of primary amides is 1. The maximum atomic E-state index is 10.3. The smallest absolute Gasteiger partial charge is 0.406 e. The van der Waals surface area contributed by atoms with Crippen LogP contribution in [0.4, 0.5) is 4.79 Å². The molecule has 0 heterocycles. The quantitative estimate of drug-likeness (QED) is 0.301. The Bertz CT molecular complexity index is 116. The molecule has 6 nitrogen and oxygen atoms in total. The number of carbonyl (C=O) groups excluding carboxylic acids is 1. The Kier molecular flexibility index (Phi) is 3.70. The van der Waals surface area contributed by atoms with Crippen LogP contribution in [0.5, 0.6) is 0 Å². The summed E-state index contributed by atoms with van der Waals surface area (Å²) in [7, 11) is 1.35. The second-order valence-corrected chi connectivity index (χ2v) is 1.88. The second-order valence-electron chi connectivity index (χ2n) is 1.88. The predicted molar refractivity (Wildman–Crippen MR) is 33.8 cm³/mol. The number of nitrogens with two attached hydrogens (primary N) is 2. The maximum Gasteiger partial charge on any atom is 0.406 e. The highest BCUT2D eigenvalue weighted by molar-refractivity contribution is 5.64. The van der Waals surface area contributed by atoms with Crippen molar-refractivity contribution in [3.05, 3.63) is 5.21 Å². The van der Waals surface area contributed by atoms with E-state index in [-0.39, 0.29) is 11.6 Å². The number of nitrogens with one attached hydrogen (secondary N) is 1. The fourth-order valence-electron chi connectivity index (χ4n) is 0.474. The molecule has 0 aromatic rings. The Morgan fingerprint density at radius 2 is 2.40 bits per heavy atom. The number of ether oxygens (including phenoxy) is 1.